The van der Waals surface area contributed by atoms with E-state index in [-0.39, 0.29) is 24.3 Å². The molecule has 2 amide bonds. The molecule has 1 aliphatic heterocycles. The average Bonchev–Trinajstić information content (AvgIpc) is 3.03. The molecule has 2 aromatic rings. The zero-order valence-corrected chi connectivity index (χ0v) is 14.3. The smallest absolute Gasteiger partial charge is 0.322 e. The molecule has 0 saturated carbocycles. The number of anilines is 1. The minimum absolute atomic E-state index is 0.0143. The van der Waals surface area contributed by atoms with Gasteiger partial charge in [0.2, 0.25) is 0 Å². The van der Waals surface area contributed by atoms with Gasteiger partial charge in [0.05, 0.1) is 0 Å². The van der Waals surface area contributed by atoms with Crippen LogP contribution < -0.4 is 10.2 Å². The molecule has 0 spiro atoms. The van der Waals surface area contributed by atoms with Gasteiger partial charge in [-0.15, -0.1) is 0 Å². The lowest BCUT2D eigenvalue weighted by atomic mass is 10.0. The third-order valence-corrected chi connectivity index (χ3v) is 4.54. The van der Waals surface area contributed by atoms with Crippen LogP contribution in [0.3, 0.4) is 0 Å². The second kappa shape index (κ2) is 7.99. The SMILES string of the molecule is O=C(O)CCC(Cc1ccccc1)NC(=O)N1CCc2cc(F)ccc21. The number of carboxylic acid groups (broad SMARTS) is 1. The van der Waals surface area contributed by atoms with Gasteiger partial charge in [-0.3, -0.25) is 9.69 Å². The summed E-state index contributed by atoms with van der Waals surface area (Å²) in [5, 5.41) is 11.9. The standard InChI is InChI=1S/C20H21FN2O3/c21-16-6-8-18-15(13-16)10-11-23(18)20(26)22-17(7-9-19(24)25)12-14-4-2-1-3-5-14/h1-6,8,13,17H,7,9-12H2,(H,22,26)(H,24,25). The number of carboxylic acids is 1. The average molecular weight is 356 g/mol. The van der Waals surface area contributed by atoms with Crippen LogP contribution in [0.1, 0.15) is 24.0 Å². The number of halogens is 1. The summed E-state index contributed by atoms with van der Waals surface area (Å²) < 4.78 is 13.3. The van der Waals surface area contributed by atoms with E-state index < -0.39 is 5.97 Å². The van der Waals surface area contributed by atoms with Gasteiger partial charge in [0.15, 0.2) is 0 Å². The Hall–Kier alpha value is -2.89. The molecule has 2 N–H and O–H groups in total. The fourth-order valence-electron chi connectivity index (χ4n) is 3.26. The van der Waals surface area contributed by atoms with Crippen molar-refractivity contribution in [1.82, 2.24) is 5.32 Å². The minimum atomic E-state index is -0.890. The van der Waals surface area contributed by atoms with Crippen molar-refractivity contribution in [1.29, 1.82) is 0 Å². The number of carbonyl (C=O) groups excluding carboxylic acids is 1. The van der Waals surface area contributed by atoms with Gasteiger partial charge in [-0.2, -0.15) is 0 Å². The fourth-order valence-corrected chi connectivity index (χ4v) is 3.26. The minimum Gasteiger partial charge on any atom is -0.481 e. The number of rotatable bonds is 6. The maximum atomic E-state index is 13.3. The molecule has 1 atom stereocenters. The van der Waals surface area contributed by atoms with Crippen molar-refractivity contribution in [2.75, 3.05) is 11.4 Å². The molecular weight excluding hydrogens is 335 g/mol. The van der Waals surface area contributed by atoms with Gasteiger partial charge in [-0.1, -0.05) is 30.3 Å². The Labute approximate surface area is 151 Å². The van der Waals surface area contributed by atoms with Gasteiger partial charge >= 0.3 is 12.0 Å². The molecule has 2 aromatic carbocycles. The number of urea groups is 1. The highest BCUT2D eigenvalue weighted by Crippen LogP contribution is 2.28. The van der Waals surface area contributed by atoms with Crippen LogP contribution in [-0.4, -0.2) is 29.7 Å². The largest absolute Gasteiger partial charge is 0.481 e. The van der Waals surface area contributed by atoms with Gasteiger partial charge in [0.25, 0.3) is 0 Å². The van der Waals surface area contributed by atoms with Gasteiger partial charge in [0, 0.05) is 24.7 Å². The zero-order chi connectivity index (χ0) is 18.5. The van der Waals surface area contributed by atoms with Gasteiger partial charge in [0.1, 0.15) is 5.82 Å². The summed E-state index contributed by atoms with van der Waals surface area (Å²) in [5.41, 5.74) is 2.55. The summed E-state index contributed by atoms with van der Waals surface area (Å²) in [6.45, 7) is 0.488. The van der Waals surface area contributed by atoms with Crippen LogP contribution in [0.5, 0.6) is 0 Å². The van der Waals surface area contributed by atoms with Crippen molar-refractivity contribution < 1.29 is 19.1 Å². The van der Waals surface area contributed by atoms with Gasteiger partial charge in [-0.25, -0.2) is 9.18 Å². The van der Waals surface area contributed by atoms with E-state index in [1.165, 1.54) is 12.1 Å². The summed E-state index contributed by atoms with van der Waals surface area (Å²) in [7, 11) is 0. The molecule has 5 nitrogen and oxygen atoms in total. The van der Waals surface area contributed by atoms with Crippen LogP contribution >= 0.6 is 0 Å². The summed E-state index contributed by atoms with van der Waals surface area (Å²) in [4.78, 5) is 25.2. The van der Waals surface area contributed by atoms with E-state index in [0.29, 0.717) is 31.5 Å². The quantitative estimate of drug-likeness (QED) is 0.834. The predicted molar refractivity (Wildman–Crippen MR) is 96.8 cm³/mol. The molecule has 0 aliphatic carbocycles. The maximum Gasteiger partial charge on any atom is 0.322 e. The van der Waals surface area contributed by atoms with Crippen molar-refractivity contribution in [3.05, 3.63) is 65.5 Å². The van der Waals surface area contributed by atoms with Gasteiger partial charge < -0.3 is 10.4 Å². The number of benzene rings is 2. The summed E-state index contributed by atoms with van der Waals surface area (Å²) in [5.74, 6) is -1.20. The summed E-state index contributed by atoms with van der Waals surface area (Å²) >= 11 is 0. The number of nitrogens with one attached hydrogen (secondary N) is 1. The molecular formula is C20H21FN2O3. The summed E-state index contributed by atoms with van der Waals surface area (Å²) in [6, 6.07) is 13.5. The van der Waals surface area contributed by atoms with E-state index in [1.54, 1.807) is 11.0 Å². The second-order valence-corrected chi connectivity index (χ2v) is 6.44. The first-order valence-corrected chi connectivity index (χ1v) is 8.65. The van der Waals surface area contributed by atoms with Crippen LogP contribution in [0.25, 0.3) is 0 Å². The third kappa shape index (κ3) is 4.39. The van der Waals surface area contributed by atoms with Crippen molar-refractivity contribution in [3.8, 4) is 0 Å². The first-order valence-electron chi connectivity index (χ1n) is 8.65. The number of hydrogen-bond donors (Lipinski definition) is 2. The molecule has 1 heterocycles. The van der Waals surface area contributed by atoms with E-state index in [9.17, 15) is 14.0 Å². The molecule has 0 radical (unpaired) electrons. The molecule has 1 aliphatic rings. The number of aliphatic carboxylic acids is 1. The lowest BCUT2D eigenvalue weighted by Gasteiger charge is -2.24. The lowest BCUT2D eigenvalue weighted by Crippen LogP contribution is -2.45. The highest BCUT2D eigenvalue weighted by Gasteiger charge is 2.26. The molecule has 0 saturated heterocycles. The maximum absolute atomic E-state index is 13.3. The molecule has 1 unspecified atom stereocenters. The molecule has 0 fully saturated rings. The van der Waals surface area contributed by atoms with Gasteiger partial charge in [-0.05, 0) is 48.6 Å². The molecule has 136 valence electrons. The number of amides is 2. The normalized spacial score (nSPS) is 14.0. The second-order valence-electron chi connectivity index (χ2n) is 6.44. The monoisotopic (exact) mass is 356 g/mol. The topological polar surface area (TPSA) is 69.6 Å². The first kappa shape index (κ1) is 17.9. The third-order valence-electron chi connectivity index (χ3n) is 4.54. The highest BCUT2D eigenvalue weighted by molar-refractivity contribution is 5.94. The molecule has 0 bridgehead atoms. The van der Waals surface area contributed by atoms with E-state index >= 15 is 0 Å². The Kier molecular flexibility index (Phi) is 5.51. The molecule has 26 heavy (non-hydrogen) atoms. The van der Waals surface area contributed by atoms with Crippen LogP contribution in [0.4, 0.5) is 14.9 Å². The highest BCUT2D eigenvalue weighted by atomic mass is 19.1. The molecule has 0 aromatic heterocycles. The Morgan fingerprint density at radius 2 is 1.96 bits per heavy atom. The van der Waals surface area contributed by atoms with E-state index in [2.05, 4.69) is 5.32 Å². The first-order chi connectivity index (χ1) is 12.5. The summed E-state index contributed by atoms with van der Waals surface area (Å²) in [6.07, 6.45) is 1.50. The van der Waals surface area contributed by atoms with E-state index in [1.807, 2.05) is 30.3 Å². The van der Waals surface area contributed by atoms with Crippen LogP contribution in [0.15, 0.2) is 48.5 Å². The van der Waals surface area contributed by atoms with E-state index in [0.717, 1.165) is 11.1 Å². The Balaban J connectivity index is 1.70. The fraction of sp³-hybridized carbons (Fsp3) is 0.300. The number of carbonyl (C=O) groups is 2. The zero-order valence-electron chi connectivity index (χ0n) is 14.3. The Bertz CT molecular complexity index is 795. The van der Waals surface area contributed by atoms with E-state index in [4.69, 9.17) is 5.11 Å². The predicted octanol–water partition coefficient (Wildman–Crippen LogP) is 3.37. The van der Waals surface area contributed by atoms with Crippen molar-refractivity contribution in [2.45, 2.75) is 31.7 Å². The number of nitrogens with zero attached hydrogens (tertiary/aromatic N) is 1. The molecule has 3 rings (SSSR count). The van der Waals surface area contributed by atoms with Crippen LogP contribution in [0.2, 0.25) is 0 Å². The Morgan fingerprint density at radius 3 is 2.69 bits per heavy atom. The number of fused-ring (bicyclic) bond motifs is 1. The van der Waals surface area contributed by atoms with Crippen molar-refractivity contribution in [2.24, 2.45) is 0 Å². The molecule has 6 heteroatoms. The van der Waals surface area contributed by atoms with Crippen LogP contribution in [-0.2, 0) is 17.6 Å². The Morgan fingerprint density at radius 1 is 1.19 bits per heavy atom. The van der Waals surface area contributed by atoms with Crippen LogP contribution in [0, 0.1) is 5.82 Å². The lowest BCUT2D eigenvalue weighted by molar-refractivity contribution is -0.137. The van der Waals surface area contributed by atoms with Crippen molar-refractivity contribution >= 4 is 17.7 Å². The van der Waals surface area contributed by atoms with Crippen molar-refractivity contribution in [3.63, 3.8) is 0 Å². The number of hydrogen-bond acceptors (Lipinski definition) is 2.